The Hall–Kier alpha value is -0.810. The van der Waals surface area contributed by atoms with Gasteiger partial charge in [-0.25, -0.2) is 0 Å². The molecule has 0 aliphatic heterocycles. The van der Waals surface area contributed by atoms with Gasteiger partial charge >= 0.3 is 0 Å². The van der Waals surface area contributed by atoms with Crippen molar-refractivity contribution in [3.05, 3.63) is 34.9 Å². The minimum absolute atomic E-state index is 0.820. The summed E-state index contributed by atoms with van der Waals surface area (Å²) in [6.45, 7) is 2.06. The Kier molecular flexibility index (Phi) is 3.98. The Bertz CT molecular complexity index is 325. The molecule has 0 aromatic heterocycles. The highest BCUT2D eigenvalue weighted by atomic mass is 79.9. The van der Waals surface area contributed by atoms with Crippen molar-refractivity contribution >= 4 is 15.9 Å². The van der Waals surface area contributed by atoms with Crippen molar-refractivity contribution < 1.29 is 0 Å². The normalized spacial score (nSPS) is 9.62. The molecule has 1 rings (SSSR count). The van der Waals surface area contributed by atoms with E-state index >= 15 is 0 Å². The zero-order valence-corrected chi connectivity index (χ0v) is 9.26. The van der Waals surface area contributed by atoms with E-state index in [1.54, 1.807) is 0 Å². The van der Waals surface area contributed by atoms with Crippen LogP contribution in [0.4, 0.5) is 0 Å². The van der Waals surface area contributed by atoms with Crippen LogP contribution < -0.4 is 0 Å². The summed E-state index contributed by atoms with van der Waals surface area (Å²) in [6.07, 6.45) is 2.07. The molecule has 1 nitrogen and oxygen atoms in total. The molecule has 0 radical (unpaired) electrons. The smallest absolute Gasteiger partial charge is 0.0994 e. The molecular formula is C11H12BrN. The second kappa shape index (κ2) is 5.04. The Balaban J connectivity index is 2.95. The number of alkyl halides is 1. The summed E-state index contributed by atoms with van der Waals surface area (Å²) < 4.78 is 0. The zero-order valence-electron chi connectivity index (χ0n) is 7.68. The highest BCUT2D eigenvalue weighted by Gasteiger charge is 2.03. The van der Waals surface area contributed by atoms with Crippen LogP contribution in [0.25, 0.3) is 0 Å². The first-order valence-electron chi connectivity index (χ1n) is 4.34. The number of halogens is 1. The number of benzene rings is 1. The minimum atomic E-state index is 0.820. The molecule has 68 valence electrons. The van der Waals surface area contributed by atoms with Crippen LogP contribution in [0, 0.1) is 18.3 Å². The molecule has 1 aromatic carbocycles. The van der Waals surface area contributed by atoms with E-state index in [2.05, 4.69) is 35.0 Å². The topological polar surface area (TPSA) is 23.8 Å². The molecule has 0 fully saturated rings. The van der Waals surface area contributed by atoms with Crippen molar-refractivity contribution in [3.8, 4) is 6.07 Å². The third kappa shape index (κ3) is 2.57. The lowest BCUT2D eigenvalue weighted by atomic mass is 9.99. The summed E-state index contributed by atoms with van der Waals surface area (Å²) in [5.74, 6) is 0. The predicted octanol–water partition coefficient (Wildman–Crippen LogP) is 3.19. The minimum Gasteiger partial charge on any atom is -0.192 e. The molecule has 0 aliphatic carbocycles. The number of nitrogens with zero attached hydrogens (tertiary/aromatic N) is 1. The molecule has 0 saturated carbocycles. The molecule has 1 aromatic rings. The standard InChI is InChI=1S/C11H12BrN/c1-9-4-2-5-10(8-13)11(9)6-3-7-12/h2,4-5H,3,6-7H2,1H3. The van der Waals surface area contributed by atoms with Gasteiger partial charge in [0.15, 0.2) is 0 Å². The Morgan fingerprint density at radius 3 is 2.85 bits per heavy atom. The summed E-state index contributed by atoms with van der Waals surface area (Å²) in [5.41, 5.74) is 3.24. The molecular weight excluding hydrogens is 226 g/mol. The second-order valence-electron chi connectivity index (χ2n) is 3.01. The van der Waals surface area contributed by atoms with Crippen molar-refractivity contribution in [1.29, 1.82) is 5.26 Å². The van der Waals surface area contributed by atoms with E-state index in [0.717, 1.165) is 23.7 Å². The fraction of sp³-hybridized carbons (Fsp3) is 0.364. The molecule has 0 spiro atoms. The third-order valence-corrected chi connectivity index (χ3v) is 2.65. The van der Waals surface area contributed by atoms with Gasteiger partial charge in [-0.05, 0) is 37.0 Å². The van der Waals surface area contributed by atoms with E-state index in [-0.39, 0.29) is 0 Å². The lowest BCUT2D eigenvalue weighted by Gasteiger charge is -2.05. The van der Waals surface area contributed by atoms with Gasteiger partial charge in [-0.2, -0.15) is 5.26 Å². The fourth-order valence-electron chi connectivity index (χ4n) is 1.38. The van der Waals surface area contributed by atoms with E-state index in [4.69, 9.17) is 5.26 Å². The van der Waals surface area contributed by atoms with E-state index < -0.39 is 0 Å². The second-order valence-corrected chi connectivity index (χ2v) is 3.80. The van der Waals surface area contributed by atoms with Crippen molar-refractivity contribution in [2.45, 2.75) is 19.8 Å². The van der Waals surface area contributed by atoms with Crippen LogP contribution in [0.15, 0.2) is 18.2 Å². The largest absolute Gasteiger partial charge is 0.192 e. The van der Waals surface area contributed by atoms with Gasteiger partial charge in [0.2, 0.25) is 0 Å². The van der Waals surface area contributed by atoms with Crippen molar-refractivity contribution in [2.75, 3.05) is 5.33 Å². The lowest BCUT2D eigenvalue weighted by Crippen LogP contribution is -1.94. The molecule has 13 heavy (non-hydrogen) atoms. The van der Waals surface area contributed by atoms with Crippen LogP contribution in [0.3, 0.4) is 0 Å². The van der Waals surface area contributed by atoms with Crippen LogP contribution in [-0.2, 0) is 6.42 Å². The summed E-state index contributed by atoms with van der Waals surface area (Å²) >= 11 is 3.39. The van der Waals surface area contributed by atoms with Gasteiger partial charge in [-0.3, -0.25) is 0 Å². The quantitative estimate of drug-likeness (QED) is 0.742. The van der Waals surface area contributed by atoms with Crippen molar-refractivity contribution in [1.82, 2.24) is 0 Å². The summed E-state index contributed by atoms with van der Waals surface area (Å²) in [7, 11) is 0. The lowest BCUT2D eigenvalue weighted by molar-refractivity contribution is 0.925. The first-order chi connectivity index (χ1) is 6.29. The Labute approximate surface area is 87.5 Å². The molecule has 0 aliphatic rings. The molecule has 0 amide bonds. The van der Waals surface area contributed by atoms with Crippen LogP contribution in [0.1, 0.15) is 23.1 Å². The van der Waals surface area contributed by atoms with Gasteiger partial charge in [-0.15, -0.1) is 0 Å². The molecule has 0 heterocycles. The van der Waals surface area contributed by atoms with Crippen LogP contribution in [0.5, 0.6) is 0 Å². The van der Waals surface area contributed by atoms with Crippen LogP contribution >= 0.6 is 15.9 Å². The number of hydrogen-bond acceptors (Lipinski definition) is 1. The number of nitriles is 1. The summed E-state index contributed by atoms with van der Waals surface area (Å²) in [5, 5.41) is 9.87. The van der Waals surface area contributed by atoms with E-state index in [0.29, 0.717) is 0 Å². The average Bonchev–Trinajstić information content (AvgIpc) is 2.15. The maximum Gasteiger partial charge on any atom is 0.0994 e. The van der Waals surface area contributed by atoms with E-state index in [1.807, 2.05) is 12.1 Å². The highest BCUT2D eigenvalue weighted by molar-refractivity contribution is 9.09. The number of aryl methyl sites for hydroxylation is 1. The average molecular weight is 238 g/mol. The number of hydrogen-bond donors (Lipinski definition) is 0. The monoisotopic (exact) mass is 237 g/mol. The molecule has 0 atom stereocenters. The number of rotatable bonds is 3. The van der Waals surface area contributed by atoms with Crippen molar-refractivity contribution in [3.63, 3.8) is 0 Å². The molecule has 0 bridgehead atoms. The first kappa shape index (κ1) is 10.3. The van der Waals surface area contributed by atoms with E-state index in [9.17, 15) is 0 Å². The predicted molar refractivity (Wildman–Crippen MR) is 58.0 cm³/mol. The van der Waals surface area contributed by atoms with Gasteiger partial charge in [0.25, 0.3) is 0 Å². The van der Waals surface area contributed by atoms with E-state index in [1.165, 1.54) is 11.1 Å². The fourth-order valence-corrected chi connectivity index (χ4v) is 1.66. The van der Waals surface area contributed by atoms with Crippen LogP contribution in [-0.4, -0.2) is 5.33 Å². The molecule has 2 heteroatoms. The van der Waals surface area contributed by atoms with Gasteiger partial charge in [0.05, 0.1) is 11.6 Å². The molecule has 0 saturated heterocycles. The Morgan fingerprint density at radius 2 is 2.23 bits per heavy atom. The molecule has 0 unspecified atom stereocenters. The van der Waals surface area contributed by atoms with Crippen molar-refractivity contribution in [2.24, 2.45) is 0 Å². The first-order valence-corrected chi connectivity index (χ1v) is 5.46. The Morgan fingerprint density at radius 1 is 1.46 bits per heavy atom. The highest BCUT2D eigenvalue weighted by Crippen LogP contribution is 2.15. The van der Waals surface area contributed by atoms with Crippen LogP contribution in [0.2, 0.25) is 0 Å². The maximum atomic E-state index is 8.88. The maximum absolute atomic E-state index is 8.88. The third-order valence-electron chi connectivity index (χ3n) is 2.09. The van der Waals surface area contributed by atoms with Gasteiger partial charge in [0, 0.05) is 5.33 Å². The summed E-state index contributed by atoms with van der Waals surface area (Å²) in [4.78, 5) is 0. The van der Waals surface area contributed by atoms with Gasteiger partial charge in [-0.1, -0.05) is 28.1 Å². The SMILES string of the molecule is Cc1cccc(C#N)c1CCCBr. The van der Waals surface area contributed by atoms with Gasteiger partial charge < -0.3 is 0 Å². The van der Waals surface area contributed by atoms with Gasteiger partial charge in [0.1, 0.15) is 0 Å². The zero-order chi connectivity index (χ0) is 9.68. The molecule has 0 N–H and O–H groups in total. The summed E-state index contributed by atoms with van der Waals surface area (Å²) in [6, 6.07) is 8.11.